The Morgan fingerprint density at radius 2 is 1.84 bits per heavy atom. The van der Waals surface area contributed by atoms with Crippen molar-refractivity contribution in [3.05, 3.63) is 34.9 Å². The average Bonchev–Trinajstić information content (AvgIpc) is 2.46. The van der Waals surface area contributed by atoms with Crippen LogP contribution >= 0.6 is 11.6 Å². The molecule has 1 nitrogen and oxygen atoms in total. The van der Waals surface area contributed by atoms with Gasteiger partial charge in [-0.2, -0.15) is 0 Å². The van der Waals surface area contributed by atoms with Gasteiger partial charge in [0.25, 0.3) is 0 Å². The lowest BCUT2D eigenvalue weighted by molar-refractivity contribution is 0.177. The topological polar surface area (TPSA) is 12.0 Å². The Kier molecular flexibility index (Phi) is 5.72. The van der Waals surface area contributed by atoms with Gasteiger partial charge >= 0.3 is 0 Å². The molecule has 1 aliphatic carbocycles. The molecule has 106 valence electrons. The zero-order chi connectivity index (χ0) is 13.7. The third-order valence-electron chi connectivity index (χ3n) is 4.57. The minimum Gasteiger partial charge on any atom is -0.310 e. The van der Waals surface area contributed by atoms with E-state index < -0.39 is 0 Å². The van der Waals surface area contributed by atoms with Gasteiger partial charge in [-0.25, -0.2) is 0 Å². The predicted molar refractivity (Wildman–Crippen MR) is 83.6 cm³/mol. The van der Waals surface area contributed by atoms with E-state index in [1.165, 1.54) is 37.7 Å². The van der Waals surface area contributed by atoms with Gasteiger partial charge in [-0.15, -0.1) is 0 Å². The van der Waals surface area contributed by atoms with Crippen LogP contribution in [0.1, 0.15) is 57.6 Å². The van der Waals surface area contributed by atoms with Crippen molar-refractivity contribution in [3.63, 3.8) is 0 Å². The van der Waals surface area contributed by atoms with E-state index in [4.69, 9.17) is 11.6 Å². The molecule has 0 saturated heterocycles. The molecule has 1 aliphatic rings. The fraction of sp³-hybridized carbons (Fsp3) is 0.647. The van der Waals surface area contributed by atoms with Crippen LogP contribution in [0.25, 0.3) is 0 Å². The van der Waals surface area contributed by atoms with Crippen molar-refractivity contribution < 1.29 is 0 Å². The second-order valence-electron chi connectivity index (χ2n) is 5.70. The van der Waals surface area contributed by atoms with Crippen molar-refractivity contribution in [2.75, 3.05) is 6.54 Å². The average molecular weight is 280 g/mol. The summed E-state index contributed by atoms with van der Waals surface area (Å²) in [6, 6.07) is 8.91. The van der Waals surface area contributed by atoms with Crippen LogP contribution in [0.15, 0.2) is 24.3 Å². The third kappa shape index (κ3) is 3.73. The number of hydrogen-bond donors (Lipinski definition) is 1. The summed E-state index contributed by atoms with van der Waals surface area (Å²) >= 11 is 6.01. The van der Waals surface area contributed by atoms with Gasteiger partial charge in [0.05, 0.1) is 0 Å². The highest BCUT2D eigenvalue weighted by molar-refractivity contribution is 6.30. The largest absolute Gasteiger partial charge is 0.310 e. The lowest BCUT2D eigenvalue weighted by atomic mass is 9.72. The first-order valence-electron chi connectivity index (χ1n) is 7.75. The van der Waals surface area contributed by atoms with Gasteiger partial charge in [-0.3, -0.25) is 0 Å². The first-order chi connectivity index (χ1) is 9.26. The van der Waals surface area contributed by atoms with Gasteiger partial charge in [0.1, 0.15) is 0 Å². The Hall–Kier alpha value is -0.530. The van der Waals surface area contributed by atoms with Crippen molar-refractivity contribution in [1.29, 1.82) is 0 Å². The standard InChI is InChI=1S/C17H26ClN/c1-3-13-7-5-6-8-16(13)17(19-4-2)14-9-11-15(18)12-10-14/h9-13,16-17,19H,3-8H2,1-2H3. The number of halogens is 1. The van der Waals surface area contributed by atoms with Gasteiger partial charge in [0.2, 0.25) is 0 Å². The molecule has 0 bridgehead atoms. The molecule has 1 aromatic carbocycles. The minimum atomic E-state index is 0.493. The van der Waals surface area contributed by atoms with Crippen LogP contribution < -0.4 is 5.32 Å². The SMILES string of the molecule is CCNC(c1ccc(Cl)cc1)C1CCCCC1CC. The Balaban J connectivity index is 2.20. The van der Waals surface area contributed by atoms with E-state index in [0.717, 1.165) is 23.4 Å². The molecule has 3 atom stereocenters. The molecule has 0 aromatic heterocycles. The highest BCUT2D eigenvalue weighted by Crippen LogP contribution is 2.40. The van der Waals surface area contributed by atoms with Gasteiger partial charge < -0.3 is 5.32 Å². The molecule has 19 heavy (non-hydrogen) atoms. The summed E-state index contributed by atoms with van der Waals surface area (Å²) in [7, 11) is 0. The molecule has 0 aliphatic heterocycles. The van der Waals surface area contributed by atoms with Crippen LogP contribution in [0.4, 0.5) is 0 Å². The molecule has 0 radical (unpaired) electrons. The Labute approximate surface area is 122 Å². The van der Waals surface area contributed by atoms with Gasteiger partial charge in [-0.1, -0.05) is 63.3 Å². The number of benzene rings is 1. The van der Waals surface area contributed by atoms with Crippen LogP contribution in [0.2, 0.25) is 5.02 Å². The van der Waals surface area contributed by atoms with E-state index in [9.17, 15) is 0 Å². The lowest BCUT2D eigenvalue weighted by Crippen LogP contribution is -2.34. The van der Waals surface area contributed by atoms with Crippen LogP contribution in [0.3, 0.4) is 0 Å². The monoisotopic (exact) mass is 279 g/mol. The summed E-state index contributed by atoms with van der Waals surface area (Å²) in [5.74, 6) is 1.65. The van der Waals surface area contributed by atoms with Gasteiger partial charge in [0, 0.05) is 11.1 Å². The van der Waals surface area contributed by atoms with Crippen LogP contribution in [-0.2, 0) is 0 Å². The summed E-state index contributed by atoms with van der Waals surface area (Å²) in [5.41, 5.74) is 1.40. The minimum absolute atomic E-state index is 0.493. The first-order valence-corrected chi connectivity index (χ1v) is 8.12. The van der Waals surface area contributed by atoms with Crippen LogP contribution in [0.5, 0.6) is 0 Å². The normalized spacial score (nSPS) is 25.2. The van der Waals surface area contributed by atoms with Crippen LogP contribution in [-0.4, -0.2) is 6.54 Å². The van der Waals surface area contributed by atoms with Gasteiger partial charge in [0.15, 0.2) is 0 Å². The van der Waals surface area contributed by atoms with E-state index in [-0.39, 0.29) is 0 Å². The van der Waals surface area contributed by atoms with Gasteiger partial charge in [-0.05, 0) is 42.5 Å². The highest BCUT2D eigenvalue weighted by atomic mass is 35.5. The molecule has 2 heteroatoms. The fourth-order valence-electron chi connectivity index (χ4n) is 3.59. The number of rotatable bonds is 5. The second kappa shape index (κ2) is 7.31. The molecule has 3 unspecified atom stereocenters. The predicted octanol–water partition coefficient (Wildman–Crippen LogP) is 5.21. The fourth-order valence-corrected chi connectivity index (χ4v) is 3.71. The Bertz CT molecular complexity index is 373. The summed E-state index contributed by atoms with van der Waals surface area (Å²) in [5, 5.41) is 4.54. The molecule has 1 aromatic rings. The van der Waals surface area contributed by atoms with Crippen molar-refractivity contribution in [3.8, 4) is 0 Å². The number of hydrogen-bond acceptors (Lipinski definition) is 1. The quantitative estimate of drug-likeness (QED) is 0.780. The zero-order valence-electron chi connectivity index (χ0n) is 12.2. The molecule has 0 amide bonds. The molecule has 0 heterocycles. The molecule has 1 N–H and O–H groups in total. The van der Waals surface area contributed by atoms with Crippen molar-refractivity contribution in [2.24, 2.45) is 11.8 Å². The maximum absolute atomic E-state index is 6.01. The second-order valence-corrected chi connectivity index (χ2v) is 6.14. The summed E-state index contributed by atoms with van der Waals surface area (Å²) in [6.45, 7) is 5.57. The smallest absolute Gasteiger partial charge is 0.0406 e. The number of nitrogens with one attached hydrogen (secondary N) is 1. The highest BCUT2D eigenvalue weighted by Gasteiger charge is 2.31. The summed E-state index contributed by atoms with van der Waals surface area (Å²) in [4.78, 5) is 0. The summed E-state index contributed by atoms with van der Waals surface area (Å²) < 4.78 is 0. The first kappa shape index (κ1) is 14.9. The zero-order valence-corrected chi connectivity index (χ0v) is 12.9. The van der Waals surface area contributed by atoms with E-state index in [0.29, 0.717) is 6.04 Å². The van der Waals surface area contributed by atoms with E-state index in [1.54, 1.807) is 0 Å². The van der Waals surface area contributed by atoms with E-state index in [1.807, 2.05) is 12.1 Å². The van der Waals surface area contributed by atoms with E-state index in [2.05, 4.69) is 31.3 Å². The van der Waals surface area contributed by atoms with Crippen LogP contribution in [0, 0.1) is 11.8 Å². The molecule has 1 saturated carbocycles. The van der Waals surface area contributed by atoms with E-state index >= 15 is 0 Å². The van der Waals surface area contributed by atoms with Crippen molar-refractivity contribution >= 4 is 11.6 Å². The molecular weight excluding hydrogens is 254 g/mol. The molecule has 0 spiro atoms. The summed E-state index contributed by atoms with van der Waals surface area (Å²) in [6.07, 6.45) is 6.86. The maximum atomic E-state index is 6.01. The Morgan fingerprint density at radius 3 is 2.47 bits per heavy atom. The molecule has 2 rings (SSSR count). The van der Waals surface area contributed by atoms with Crippen molar-refractivity contribution in [1.82, 2.24) is 5.32 Å². The maximum Gasteiger partial charge on any atom is 0.0406 e. The molecule has 1 fully saturated rings. The van der Waals surface area contributed by atoms with Crippen molar-refractivity contribution in [2.45, 2.75) is 52.0 Å². The molecular formula is C17H26ClN. The lowest BCUT2D eigenvalue weighted by Gasteiger charge is -2.37. The third-order valence-corrected chi connectivity index (χ3v) is 4.83. The Morgan fingerprint density at radius 1 is 1.16 bits per heavy atom.